The van der Waals surface area contributed by atoms with Gasteiger partial charge in [-0.25, -0.2) is 4.36 Å². The van der Waals surface area contributed by atoms with Crippen molar-refractivity contribution in [1.82, 2.24) is 0 Å². The Morgan fingerprint density at radius 3 is 2.22 bits per heavy atom. The number of rotatable bonds is 2. The van der Waals surface area contributed by atoms with Crippen LogP contribution in [0.1, 0.15) is 6.92 Å². The number of carbonyl (C=O) groups is 1. The van der Waals surface area contributed by atoms with E-state index >= 15 is 0 Å². The highest BCUT2D eigenvalue weighted by atomic mass is 32.1. The Labute approximate surface area is 65.0 Å². The highest BCUT2D eigenvalue weighted by Gasteiger charge is 1.64. The second-order valence-electron chi connectivity index (χ2n) is 1.10. The minimum Gasteiger partial charge on any atom is -0.394 e. The number of hydrogen-bond donors (Lipinski definition) is 2. The maximum absolute atomic E-state index is 9.31. The smallest absolute Gasteiger partial charge is 0.182 e. The minimum atomic E-state index is -0.139. The summed E-state index contributed by atoms with van der Waals surface area (Å²) in [5.41, 5.74) is 0. The Bertz CT molecular complexity index is 82.6. The topological polar surface area (TPSA) is 49.7 Å². The molecule has 0 aliphatic rings. The van der Waals surface area contributed by atoms with Crippen molar-refractivity contribution in [3.63, 3.8) is 0 Å². The molecule has 0 fully saturated rings. The molecular weight excluding hydrogens is 158 g/mol. The molecule has 0 heterocycles. The van der Waals surface area contributed by atoms with E-state index in [1.807, 2.05) is 0 Å². The summed E-state index contributed by atoms with van der Waals surface area (Å²) in [7, 11) is 0. The van der Waals surface area contributed by atoms with Crippen LogP contribution in [-0.4, -0.2) is 23.4 Å². The highest BCUT2D eigenvalue weighted by molar-refractivity contribution is 7.96. The predicted octanol–water partition coefficient (Wildman–Crippen LogP) is 0.172. The van der Waals surface area contributed by atoms with Gasteiger partial charge in [0.15, 0.2) is 5.12 Å². The molecule has 0 amide bonds. The van der Waals surface area contributed by atoms with Gasteiger partial charge in [0.05, 0.1) is 13.2 Å². The van der Waals surface area contributed by atoms with E-state index < -0.39 is 0 Å². The summed E-state index contributed by atoms with van der Waals surface area (Å²) in [5.74, 6) is 0. The summed E-state index contributed by atoms with van der Waals surface area (Å²) >= 11 is 7.44. The van der Waals surface area contributed by atoms with Crippen LogP contribution in [0, 0.1) is 0 Å². The molecule has 9 heavy (non-hydrogen) atoms. The van der Waals surface area contributed by atoms with Crippen LogP contribution < -0.4 is 0 Å². The largest absolute Gasteiger partial charge is 0.394 e. The van der Waals surface area contributed by atoms with Crippen molar-refractivity contribution >= 4 is 30.2 Å². The van der Waals surface area contributed by atoms with Crippen molar-refractivity contribution in [2.45, 2.75) is 6.92 Å². The molecular formula is C4H9NO2S2. The molecule has 0 radical (unpaired) electrons. The van der Waals surface area contributed by atoms with Gasteiger partial charge in [-0.1, -0.05) is 0 Å². The second-order valence-corrected chi connectivity index (χ2v) is 1.98. The van der Waals surface area contributed by atoms with E-state index in [1.165, 1.54) is 6.92 Å². The van der Waals surface area contributed by atoms with Crippen molar-refractivity contribution in [3.05, 3.63) is 0 Å². The van der Waals surface area contributed by atoms with Crippen molar-refractivity contribution < 1.29 is 9.90 Å². The Balaban J connectivity index is 0. The molecule has 3 nitrogen and oxygen atoms in total. The highest BCUT2D eigenvalue weighted by Crippen LogP contribution is 1.66. The predicted molar refractivity (Wildman–Crippen MR) is 41.4 cm³/mol. The molecule has 0 aromatic carbocycles. The van der Waals surface area contributed by atoms with Crippen molar-refractivity contribution in [2.24, 2.45) is 4.36 Å². The van der Waals surface area contributed by atoms with Crippen molar-refractivity contribution in [3.8, 4) is 0 Å². The van der Waals surface area contributed by atoms with Gasteiger partial charge in [0.1, 0.15) is 0 Å². The average molecular weight is 167 g/mol. The van der Waals surface area contributed by atoms with E-state index in [4.69, 9.17) is 5.11 Å². The molecule has 0 saturated heterocycles. The third kappa shape index (κ3) is 72.0. The van der Waals surface area contributed by atoms with E-state index in [-0.39, 0.29) is 11.7 Å². The molecule has 1 N–H and O–H groups in total. The number of nitrogens with zero attached hydrogens (tertiary/aromatic N) is 1. The number of hydrogen-bond acceptors (Lipinski definition) is 4. The first kappa shape index (κ1) is 11.8. The number of aliphatic hydroxyl groups excluding tert-OH is 1. The SMILES string of the molecule is CC(=O)S.OCCN=S. The molecule has 0 aliphatic heterocycles. The van der Waals surface area contributed by atoms with Gasteiger partial charge >= 0.3 is 0 Å². The van der Waals surface area contributed by atoms with Gasteiger partial charge in [-0.2, -0.15) is 0 Å². The molecule has 0 spiro atoms. The summed E-state index contributed by atoms with van der Waals surface area (Å²) < 4.78 is 3.19. The van der Waals surface area contributed by atoms with Gasteiger partial charge in [0.25, 0.3) is 0 Å². The van der Waals surface area contributed by atoms with Crippen molar-refractivity contribution in [2.75, 3.05) is 13.2 Å². The zero-order valence-corrected chi connectivity index (χ0v) is 6.78. The zero-order chi connectivity index (χ0) is 7.70. The summed E-state index contributed by atoms with van der Waals surface area (Å²) in [4.78, 5) is 9.31. The van der Waals surface area contributed by atoms with Gasteiger partial charge in [-0.05, 0) is 0 Å². The first-order chi connectivity index (χ1) is 4.15. The van der Waals surface area contributed by atoms with Gasteiger partial charge in [0, 0.05) is 19.3 Å². The molecule has 0 unspecified atom stereocenters. The summed E-state index contributed by atoms with van der Waals surface area (Å²) in [6.45, 7) is 1.85. The van der Waals surface area contributed by atoms with Crippen LogP contribution in [0.25, 0.3) is 0 Å². The Morgan fingerprint density at radius 2 is 2.22 bits per heavy atom. The van der Waals surface area contributed by atoms with Gasteiger partial charge in [-0.15, -0.1) is 12.6 Å². The van der Waals surface area contributed by atoms with E-state index in [0.29, 0.717) is 6.54 Å². The summed E-state index contributed by atoms with van der Waals surface area (Å²) in [6, 6.07) is 0. The lowest BCUT2D eigenvalue weighted by Crippen LogP contribution is -1.82. The van der Waals surface area contributed by atoms with Crippen molar-refractivity contribution in [1.29, 1.82) is 0 Å². The van der Waals surface area contributed by atoms with Crippen LogP contribution >= 0.6 is 12.6 Å². The van der Waals surface area contributed by atoms with E-state index in [0.717, 1.165) is 0 Å². The van der Waals surface area contributed by atoms with Crippen LogP contribution in [-0.2, 0) is 17.2 Å². The molecule has 5 heteroatoms. The Kier molecular flexibility index (Phi) is 14.2. The first-order valence-electron chi connectivity index (χ1n) is 2.24. The molecule has 0 aliphatic carbocycles. The van der Waals surface area contributed by atoms with E-state index in [9.17, 15) is 4.79 Å². The lowest BCUT2D eigenvalue weighted by atomic mass is 10.8. The van der Waals surface area contributed by atoms with Gasteiger partial charge in [-0.3, -0.25) is 4.79 Å². The van der Waals surface area contributed by atoms with E-state index in [2.05, 4.69) is 29.4 Å². The third-order valence-electron chi connectivity index (χ3n) is 0.191. The first-order valence-corrected chi connectivity index (χ1v) is 3.06. The summed E-state index contributed by atoms with van der Waals surface area (Å²) in [6.07, 6.45) is 0. The average Bonchev–Trinajstić information content (AvgIpc) is 1.66. The fourth-order valence-electron chi connectivity index (χ4n) is 0.0408. The Morgan fingerprint density at radius 1 is 1.89 bits per heavy atom. The van der Waals surface area contributed by atoms with Crippen LogP contribution in [0.3, 0.4) is 0 Å². The molecule has 0 aromatic heterocycles. The number of thiol groups is 1. The van der Waals surface area contributed by atoms with Crippen LogP contribution in [0.2, 0.25) is 0 Å². The fourth-order valence-corrected chi connectivity index (χ4v) is 0.122. The summed E-state index contributed by atoms with van der Waals surface area (Å²) in [5, 5.41) is 7.77. The normalized spacial score (nSPS) is 7.00. The molecule has 0 aromatic rings. The molecule has 0 atom stereocenters. The molecule has 0 rings (SSSR count). The van der Waals surface area contributed by atoms with Gasteiger partial charge in [0.2, 0.25) is 0 Å². The standard InChI is InChI=1S/C2H5NOS.C2H4OS/c4-2-1-3-5;1-2(3)4/h4H,1-2H2;1H3,(H,3,4). The van der Waals surface area contributed by atoms with Crippen LogP contribution in [0.4, 0.5) is 0 Å². The third-order valence-corrected chi connectivity index (χ3v) is 0.374. The second kappa shape index (κ2) is 10.9. The molecule has 0 bridgehead atoms. The maximum atomic E-state index is 9.31. The Hall–Kier alpha value is -0.0000000000000000555. The van der Waals surface area contributed by atoms with E-state index in [1.54, 1.807) is 0 Å². The van der Waals surface area contributed by atoms with Crippen LogP contribution in [0.15, 0.2) is 4.36 Å². The monoisotopic (exact) mass is 167 g/mol. The quantitative estimate of drug-likeness (QED) is 0.576. The zero-order valence-electron chi connectivity index (χ0n) is 5.07. The van der Waals surface area contributed by atoms with Crippen LogP contribution in [0.5, 0.6) is 0 Å². The molecule has 54 valence electrons. The minimum absolute atomic E-state index is 0.0729. The lowest BCUT2D eigenvalue weighted by molar-refractivity contribution is -0.108. The fraction of sp³-hybridized carbons (Fsp3) is 0.750. The van der Waals surface area contributed by atoms with Gasteiger partial charge < -0.3 is 5.11 Å². The lowest BCUT2D eigenvalue weighted by Gasteiger charge is -1.72. The number of aliphatic hydroxyl groups is 1. The molecule has 0 saturated carbocycles. The number of carbonyl (C=O) groups excluding carboxylic acids is 1. The maximum Gasteiger partial charge on any atom is 0.182 e.